The summed E-state index contributed by atoms with van der Waals surface area (Å²) in [6.07, 6.45) is 0. The summed E-state index contributed by atoms with van der Waals surface area (Å²) in [5.41, 5.74) is 2.39. The molecule has 2 aromatic rings. The Bertz CT molecular complexity index is 755. The zero-order chi connectivity index (χ0) is 24.9. The van der Waals surface area contributed by atoms with Crippen LogP contribution in [0.15, 0.2) is 85.3 Å². The van der Waals surface area contributed by atoms with Gasteiger partial charge in [0, 0.05) is 0 Å². The Balaban J connectivity index is 0.000000539. The minimum atomic E-state index is -1.35. The van der Waals surface area contributed by atoms with E-state index in [9.17, 15) is 19.8 Å². The van der Waals surface area contributed by atoms with E-state index in [2.05, 4.69) is 46.9 Å². The van der Waals surface area contributed by atoms with Gasteiger partial charge in [0.2, 0.25) is 0 Å². The van der Waals surface area contributed by atoms with Gasteiger partial charge in [-0.2, -0.15) is 0 Å². The van der Waals surface area contributed by atoms with Crippen molar-refractivity contribution in [3.8, 4) is 0 Å². The third-order valence-electron chi connectivity index (χ3n) is 3.37. The van der Waals surface area contributed by atoms with Crippen molar-refractivity contribution in [1.29, 1.82) is 0 Å². The number of aliphatic carboxylic acids is 2. The molecular formula is C24H28O8Ti. The molecule has 176 valence electrons. The molecule has 0 N–H and O–H groups in total. The molecule has 0 spiro atoms. The van der Waals surface area contributed by atoms with Gasteiger partial charge >= 0.3 is 112 Å². The summed E-state index contributed by atoms with van der Waals surface area (Å²) < 4.78 is 20.0. The van der Waals surface area contributed by atoms with Gasteiger partial charge < -0.3 is 29.3 Å². The third kappa shape index (κ3) is 17.3. The van der Waals surface area contributed by atoms with Crippen LogP contribution in [0, 0.1) is 0 Å². The molecule has 0 fully saturated rings. The fourth-order valence-electron chi connectivity index (χ4n) is 1.88. The van der Waals surface area contributed by atoms with Gasteiger partial charge in [-0.05, 0) is 13.8 Å². The summed E-state index contributed by atoms with van der Waals surface area (Å²) in [5.74, 6) is -3.33. The number of hydrogen-bond acceptors (Lipinski definition) is 8. The molecule has 0 aliphatic heterocycles. The van der Waals surface area contributed by atoms with Gasteiger partial charge in [-0.1, -0.05) is 13.2 Å². The van der Waals surface area contributed by atoms with E-state index in [0.29, 0.717) is 26.4 Å². The maximum absolute atomic E-state index is 9.75. The van der Waals surface area contributed by atoms with Crippen LogP contribution < -0.4 is 10.2 Å². The maximum atomic E-state index is 9.75. The van der Waals surface area contributed by atoms with Crippen molar-refractivity contribution < 1.29 is 55.8 Å². The molecule has 2 rings (SSSR count). The Hall–Kier alpha value is -2.91. The topological polar surface area (TPSA) is 117 Å². The normalized spacial score (nSPS) is 9.03. The molecule has 0 saturated carbocycles. The summed E-state index contributed by atoms with van der Waals surface area (Å²) >= 11 is -0.756. The Kier molecular flexibility index (Phi) is 18.0. The zero-order valence-corrected chi connectivity index (χ0v) is 20.3. The SMILES string of the molecule is C=C(OCC)C(=O)[O-].C=C(OCC)C(=O)[O-].c1ccc(C[O][Ti+2][O]Cc2ccccc2)cc1. The standard InChI is InChI=1S/2C7H7O.2C5H8O3.Ti/c2*8-6-7-4-2-1-3-5-7;2*1-3-8-4(2)5(6)7;/h2*1-5H,6H2;2*2-3H2,1H3,(H,6,7);/q2*-1;;;+4/p-2. The van der Waals surface area contributed by atoms with E-state index in [-0.39, 0.29) is 11.5 Å². The number of rotatable bonds is 12. The van der Waals surface area contributed by atoms with E-state index in [1.807, 2.05) is 36.4 Å². The number of carboxylic acid groups (broad SMARTS) is 2. The second-order valence-corrected chi connectivity index (χ2v) is 7.08. The van der Waals surface area contributed by atoms with Crippen LogP contribution >= 0.6 is 0 Å². The molecule has 8 nitrogen and oxygen atoms in total. The number of carboxylic acids is 2. The zero-order valence-electron chi connectivity index (χ0n) is 18.8. The van der Waals surface area contributed by atoms with Gasteiger partial charge in [0.15, 0.2) is 0 Å². The predicted molar refractivity (Wildman–Crippen MR) is 114 cm³/mol. The van der Waals surface area contributed by atoms with Crippen molar-refractivity contribution in [1.82, 2.24) is 0 Å². The van der Waals surface area contributed by atoms with Gasteiger partial charge in [-0.25, -0.2) is 0 Å². The van der Waals surface area contributed by atoms with Crippen LogP contribution in [0.3, 0.4) is 0 Å². The van der Waals surface area contributed by atoms with Gasteiger partial charge in [0.1, 0.15) is 23.5 Å². The number of benzene rings is 2. The van der Waals surface area contributed by atoms with E-state index < -0.39 is 31.9 Å². The summed E-state index contributed by atoms with van der Waals surface area (Å²) in [7, 11) is 0. The van der Waals surface area contributed by atoms with Crippen molar-refractivity contribution in [3.05, 3.63) is 96.5 Å². The van der Waals surface area contributed by atoms with Crippen molar-refractivity contribution in [3.63, 3.8) is 0 Å². The van der Waals surface area contributed by atoms with Crippen molar-refractivity contribution in [2.45, 2.75) is 27.1 Å². The summed E-state index contributed by atoms with van der Waals surface area (Å²) in [6.45, 7) is 11.4. The van der Waals surface area contributed by atoms with E-state index in [0.717, 1.165) is 0 Å². The number of carbonyl (C=O) groups is 2. The van der Waals surface area contributed by atoms with Crippen LogP contribution in [-0.4, -0.2) is 25.2 Å². The van der Waals surface area contributed by atoms with Crippen LogP contribution in [0.4, 0.5) is 0 Å². The molecule has 33 heavy (non-hydrogen) atoms. The minimum absolute atomic E-state index is 0.312. The predicted octanol–water partition coefficient (Wildman–Crippen LogP) is 1.91. The summed E-state index contributed by atoms with van der Waals surface area (Å²) in [6, 6.07) is 20.3. The van der Waals surface area contributed by atoms with E-state index in [4.69, 9.17) is 6.64 Å². The average molecular weight is 492 g/mol. The van der Waals surface area contributed by atoms with Crippen LogP contribution in [0.5, 0.6) is 0 Å². The van der Waals surface area contributed by atoms with Crippen LogP contribution in [0.25, 0.3) is 0 Å². The van der Waals surface area contributed by atoms with Gasteiger partial charge in [-0.3, -0.25) is 0 Å². The first-order valence-electron chi connectivity index (χ1n) is 9.94. The molecule has 0 unspecified atom stereocenters. The third-order valence-corrected chi connectivity index (χ3v) is 4.19. The monoisotopic (exact) mass is 492 g/mol. The first kappa shape index (κ1) is 30.1. The molecule has 0 aromatic heterocycles. The molecule has 0 atom stereocenters. The Morgan fingerprint density at radius 2 is 1.06 bits per heavy atom. The average Bonchev–Trinajstić information content (AvgIpc) is 2.81. The molecule has 2 aromatic carbocycles. The van der Waals surface area contributed by atoms with Crippen LogP contribution in [0.2, 0.25) is 0 Å². The van der Waals surface area contributed by atoms with Crippen molar-refractivity contribution in [2.75, 3.05) is 13.2 Å². The fourth-order valence-corrected chi connectivity index (χ4v) is 2.72. The second kappa shape index (κ2) is 19.8. The van der Waals surface area contributed by atoms with Crippen LogP contribution in [0.1, 0.15) is 25.0 Å². The van der Waals surface area contributed by atoms with Crippen LogP contribution in [-0.2, 0) is 58.8 Å². The van der Waals surface area contributed by atoms with Crippen molar-refractivity contribution in [2.24, 2.45) is 0 Å². The van der Waals surface area contributed by atoms with Gasteiger partial charge in [0.05, 0.1) is 13.2 Å². The second-order valence-electron chi connectivity index (χ2n) is 5.92. The van der Waals surface area contributed by atoms with Crippen molar-refractivity contribution >= 4 is 11.9 Å². The molecule has 0 saturated heterocycles. The number of ether oxygens (including phenoxy) is 2. The van der Waals surface area contributed by atoms with E-state index >= 15 is 0 Å². The summed E-state index contributed by atoms with van der Waals surface area (Å²) in [4.78, 5) is 19.5. The van der Waals surface area contributed by atoms with Gasteiger partial charge in [-0.15, -0.1) is 0 Å². The Morgan fingerprint density at radius 1 is 0.727 bits per heavy atom. The van der Waals surface area contributed by atoms with Gasteiger partial charge in [0.25, 0.3) is 0 Å². The Labute approximate surface area is 204 Å². The molecule has 0 heterocycles. The molecule has 9 heteroatoms. The molecule has 0 amide bonds. The quantitative estimate of drug-likeness (QED) is 0.191. The number of carbonyl (C=O) groups excluding carboxylic acids is 2. The molecule has 0 radical (unpaired) electrons. The van der Waals surface area contributed by atoms with E-state index in [1.165, 1.54) is 11.1 Å². The molecule has 0 aliphatic rings. The molecule has 0 bridgehead atoms. The fraction of sp³-hybridized carbons (Fsp3) is 0.250. The Morgan fingerprint density at radius 3 is 1.30 bits per heavy atom. The molecule has 0 aliphatic carbocycles. The first-order chi connectivity index (χ1) is 15.8. The number of hydrogen-bond donors (Lipinski definition) is 0. The molecular weight excluding hydrogens is 464 g/mol. The first-order valence-corrected chi connectivity index (χ1v) is 11.2. The van der Waals surface area contributed by atoms with E-state index in [1.54, 1.807) is 13.8 Å². The summed E-state index contributed by atoms with van der Waals surface area (Å²) in [5, 5.41) is 19.5.